The number of unbranched alkanes of at least 4 members (excludes halogenated alkanes) is 1. The number of hydrogen-bond donors (Lipinski definition) is 1. The molecule has 0 aromatic heterocycles. The summed E-state index contributed by atoms with van der Waals surface area (Å²) in [6.45, 7) is 10.9. The standard InChI is InChI=1S/C13H27NO3.C3H7N/c1-4-6-11-17-13(15)12-16-10-7-9-14(3)8-5-2;1-3-4-2/h4-12H2,1-3H3;3-4H,1H2,2H3. The number of carbonyl (C=O) groups is 1. The molecule has 0 spiro atoms. The smallest absolute Gasteiger partial charge is 0.332 e. The van der Waals surface area contributed by atoms with Crippen LogP contribution in [0.5, 0.6) is 0 Å². The molecule has 0 saturated carbocycles. The van der Waals surface area contributed by atoms with Gasteiger partial charge in [0.05, 0.1) is 6.61 Å². The highest BCUT2D eigenvalue weighted by atomic mass is 16.6. The monoisotopic (exact) mass is 302 g/mol. The molecule has 0 radical (unpaired) electrons. The third kappa shape index (κ3) is 21.4. The minimum atomic E-state index is -0.250. The lowest BCUT2D eigenvalue weighted by atomic mass is 10.4. The molecular weight excluding hydrogens is 268 g/mol. The Hall–Kier alpha value is -1.07. The Morgan fingerprint density at radius 2 is 1.86 bits per heavy atom. The molecule has 0 aliphatic heterocycles. The van der Waals surface area contributed by atoms with E-state index in [2.05, 4.69) is 37.7 Å². The number of nitrogens with zero attached hydrogens (tertiary/aromatic N) is 1. The largest absolute Gasteiger partial charge is 0.464 e. The molecule has 0 aliphatic rings. The molecule has 21 heavy (non-hydrogen) atoms. The Morgan fingerprint density at radius 3 is 2.38 bits per heavy atom. The second-order valence-corrected chi connectivity index (χ2v) is 4.78. The van der Waals surface area contributed by atoms with Gasteiger partial charge in [-0.05, 0) is 39.1 Å². The number of esters is 1. The molecule has 5 heteroatoms. The number of hydrogen-bond acceptors (Lipinski definition) is 5. The minimum Gasteiger partial charge on any atom is -0.464 e. The molecule has 126 valence electrons. The van der Waals surface area contributed by atoms with Gasteiger partial charge in [0.2, 0.25) is 0 Å². The van der Waals surface area contributed by atoms with Gasteiger partial charge in [0.1, 0.15) is 6.61 Å². The molecular formula is C16H34N2O3. The fourth-order valence-corrected chi connectivity index (χ4v) is 1.46. The minimum absolute atomic E-state index is 0.0845. The second-order valence-electron chi connectivity index (χ2n) is 4.78. The van der Waals surface area contributed by atoms with Crippen molar-refractivity contribution in [3.8, 4) is 0 Å². The summed E-state index contributed by atoms with van der Waals surface area (Å²) >= 11 is 0. The quantitative estimate of drug-likeness (QED) is 0.443. The lowest BCUT2D eigenvalue weighted by molar-refractivity contribution is -0.149. The van der Waals surface area contributed by atoms with Crippen molar-refractivity contribution < 1.29 is 14.3 Å². The van der Waals surface area contributed by atoms with Crippen molar-refractivity contribution in [2.24, 2.45) is 0 Å². The number of ether oxygens (including phenoxy) is 2. The van der Waals surface area contributed by atoms with Crippen LogP contribution in [0.2, 0.25) is 0 Å². The molecule has 0 aromatic rings. The van der Waals surface area contributed by atoms with Gasteiger partial charge < -0.3 is 19.7 Å². The second kappa shape index (κ2) is 18.9. The third-order valence-corrected chi connectivity index (χ3v) is 2.62. The summed E-state index contributed by atoms with van der Waals surface area (Å²) in [5, 5.41) is 2.69. The van der Waals surface area contributed by atoms with Gasteiger partial charge in [-0.15, -0.1) is 0 Å². The summed E-state index contributed by atoms with van der Waals surface area (Å²) in [6, 6.07) is 0. The molecule has 5 nitrogen and oxygen atoms in total. The van der Waals surface area contributed by atoms with E-state index in [1.54, 1.807) is 6.20 Å². The first-order chi connectivity index (χ1) is 10.1. The van der Waals surface area contributed by atoms with Crippen LogP contribution in [-0.4, -0.2) is 57.9 Å². The van der Waals surface area contributed by atoms with Crippen LogP contribution in [0.25, 0.3) is 0 Å². The maximum Gasteiger partial charge on any atom is 0.332 e. The van der Waals surface area contributed by atoms with Crippen molar-refractivity contribution in [1.82, 2.24) is 10.2 Å². The average molecular weight is 302 g/mol. The van der Waals surface area contributed by atoms with Crippen LogP contribution in [0, 0.1) is 0 Å². The van der Waals surface area contributed by atoms with E-state index in [0.29, 0.717) is 13.2 Å². The molecule has 0 heterocycles. The molecule has 0 rings (SSSR count). The molecule has 0 aromatic carbocycles. The topological polar surface area (TPSA) is 50.8 Å². The van der Waals surface area contributed by atoms with Gasteiger partial charge in [-0.1, -0.05) is 26.8 Å². The fourth-order valence-electron chi connectivity index (χ4n) is 1.46. The summed E-state index contributed by atoms with van der Waals surface area (Å²) in [5.41, 5.74) is 0. The highest BCUT2D eigenvalue weighted by Crippen LogP contribution is 1.92. The number of rotatable bonds is 12. The summed E-state index contributed by atoms with van der Waals surface area (Å²) in [6.07, 6.45) is 5.71. The van der Waals surface area contributed by atoms with E-state index in [1.807, 2.05) is 7.05 Å². The van der Waals surface area contributed by atoms with Crippen LogP contribution in [0.15, 0.2) is 12.8 Å². The van der Waals surface area contributed by atoms with Gasteiger partial charge in [0.15, 0.2) is 0 Å². The van der Waals surface area contributed by atoms with E-state index in [-0.39, 0.29) is 12.6 Å². The van der Waals surface area contributed by atoms with Gasteiger partial charge in [0, 0.05) is 20.2 Å². The summed E-state index contributed by atoms with van der Waals surface area (Å²) < 4.78 is 10.2. The van der Waals surface area contributed by atoms with Crippen molar-refractivity contribution in [2.45, 2.75) is 39.5 Å². The zero-order valence-electron chi connectivity index (χ0n) is 14.3. The Balaban J connectivity index is 0. The van der Waals surface area contributed by atoms with Crippen LogP contribution < -0.4 is 5.32 Å². The van der Waals surface area contributed by atoms with Crippen LogP contribution in [0.4, 0.5) is 0 Å². The van der Waals surface area contributed by atoms with Gasteiger partial charge in [-0.3, -0.25) is 0 Å². The summed E-state index contributed by atoms with van der Waals surface area (Å²) in [4.78, 5) is 13.4. The normalized spacial score (nSPS) is 9.76. The fraction of sp³-hybridized carbons (Fsp3) is 0.812. The van der Waals surface area contributed by atoms with Crippen molar-refractivity contribution in [2.75, 3.05) is 47.0 Å². The van der Waals surface area contributed by atoms with Gasteiger partial charge in [-0.2, -0.15) is 0 Å². The Morgan fingerprint density at radius 1 is 1.19 bits per heavy atom. The zero-order valence-corrected chi connectivity index (χ0v) is 14.3. The Labute approximate surface area is 130 Å². The molecule has 0 bridgehead atoms. The van der Waals surface area contributed by atoms with E-state index >= 15 is 0 Å². The molecule has 0 amide bonds. The first-order valence-corrected chi connectivity index (χ1v) is 7.82. The van der Waals surface area contributed by atoms with E-state index in [0.717, 1.165) is 32.4 Å². The number of nitrogens with one attached hydrogen (secondary N) is 1. The highest BCUT2D eigenvalue weighted by molar-refractivity contribution is 5.70. The van der Waals surface area contributed by atoms with Crippen molar-refractivity contribution in [3.05, 3.63) is 12.8 Å². The van der Waals surface area contributed by atoms with Crippen molar-refractivity contribution in [3.63, 3.8) is 0 Å². The summed E-state index contributed by atoms with van der Waals surface area (Å²) in [5.74, 6) is -0.250. The van der Waals surface area contributed by atoms with Gasteiger partial charge in [-0.25, -0.2) is 4.79 Å². The van der Waals surface area contributed by atoms with E-state index in [4.69, 9.17) is 9.47 Å². The first kappa shape index (κ1) is 22.2. The first-order valence-electron chi connectivity index (χ1n) is 7.82. The zero-order chi connectivity index (χ0) is 16.3. The van der Waals surface area contributed by atoms with Gasteiger partial charge >= 0.3 is 5.97 Å². The van der Waals surface area contributed by atoms with Crippen molar-refractivity contribution in [1.29, 1.82) is 0 Å². The predicted octanol–water partition coefficient (Wildman–Crippen LogP) is 2.43. The van der Waals surface area contributed by atoms with Crippen LogP contribution >= 0.6 is 0 Å². The molecule has 0 fully saturated rings. The van der Waals surface area contributed by atoms with E-state index in [9.17, 15) is 4.79 Å². The Bertz CT molecular complexity index is 236. The molecule has 1 N–H and O–H groups in total. The maximum absolute atomic E-state index is 11.2. The maximum atomic E-state index is 11.2. The van der Waals surface area contributed by atoms with E-state index < -0.39 is 0 Å². The van der Waals surface area contributed by atoms with Crippen LogP contribution in [0.1, 0.15) is 39.5 Å². The summed E-state index contributed by atoms with van der Waals surface area (Å²) in [7, 11) is 3.91. The lowest BCUT2D eigenvalue weighted by Gasteiger charge is -2.14. The SMILES string of the molecule is C=CNC.CCCCOC(=O)COCCCN(C)CCC. The molecule has 0 atom stereocenters. The van der Waals surface area contributed by atoms with Gasteiger partial charge in [0.25, 0.3) is 0 Å². The number of carbonyl (C=O) groups excluding carboxylic acids is 1. The average Bonchev–Trinajstić information content (AvgIpc) is 2.47. The third-order valence-electron chi connectivity index (χ3n) is 2.62. The molecule has 0 unspecified atom stereocenters. The van der Waals surface area contributed by atoms with Crippen LogP contribution in [0.3, 0.4) is 0 Å². The van der Waals surface area contributed by atoms with E-state index in [1.165, 1.54) is 6.42 Å². The lowest BCUT2D eigenvalue weighted by Crippen LogP contribution is -2.22. The van der Waals surface area contributed by atoms with Crippen molar-refractivity contribution >= 4 is 5.97 Å². The molecule has 0 aliphatic carbocycles. The Kier molecular flexibility index (Phi) is 20.0. The highest BCUT2D eigenvalue weighted by Gasteiger charge is 2.02. The molecule has 0 saturated heterocycles. The predicted molar refractivity (Wildman–Crippen MR) is 88.3 cm³/mol. The van der Waals surface area contributed by atoms with Crippen LogP contribution in [-0.2, 0) is 14.3 Å².